The van der Waals surface area contributed by atoms with Gasteiger partial charge in [0.25, 0.3) is 0 Å². The van der Waals surface area contributed by atoms with Crippen molar-refractivity contribution < 1.29 is 18.0 Å². The summed E-state index contributed by atoms with van der Waals surface area (Å²) in [7, 11) is 0. The number of carbonyl (C=O) groups is 1. The lowest BCUT2D eigenvalue weighted by Gasteiger charge is -2.36. The van der Waals surface area contributed by atoms with Crippen LogP contribution in [0.3, 0.4) is 0 Å². The largest absolute Gasteiger partial charge is 0.451 e. The van der Waals surface area contributed by atoms with Crippen LogP contribution >= 0.6 is 0 Å². The fourth-order valence-corrected chi connectivity index (χ4v) is 5.13. The monoisotopic (exact) mass is 539 g/mol. The van der Waals surface area contributed by atoms with E-state index in [4.69, 9.17) is 11.8 Å². The Morgan fingerprint density at radius 3 is 2.41 bits per heavy atom. The van der Waals surface area contributed by atoms with E-state index < -0.39 is 12.0 Å². The highest BCUT2D eigenvalue weighted by molar-refractivity contribution is 5.81. The lowest BCUT2D eigenvalue weighted by molar-refractivity contribution is -0.144. The number of ketones is 1. The van der Waals surface area contributed by atoms with E-state index in [-0.39, 0.29) is 23.3 Å². The molecule has 1 atom stereocenters. The van der Waals surface area contributed by atoms with E-state index in [2.05, 4.69) is 25.8 Å². The zero-order valence-corrected chi connectivity index (χ0v) is 21.8. The molecule has 0 amide bonds. The number of nitrogens with zero attached hydrogens (tertiary/aromatic N) is 7. The molecule has 2 aliphatic heterocycles. The molecule has 11 heteroatoms. The molecule has 2 aromatic rings. The highest BCUT2D eigenvalue weighted by Gasteiger charge is 2.37. The predicted octanol–water partition coefficient (Wildman–Crippen LogP) is 4.22. The van der Waals surface area contributed by atoms with Crippen molar-refractivity contribution in [3.8, 4) is 6.07 Å². The van der Waals surface area contributed by atoms with Gasteiger partial charge in [0.15, 0.2) is 0 Å². The third kappa shape index (κ3) is 7.67. The van der Waals surface area contributed by atoms with Crippen LogP contribution in [-0.4, -0.2) is 73.0 Å². The van der Waals surface area contributed by atoms with Crippen molar-refractivity contribution in [3.63, 3.8) is 0 Å². The van der Waals surface area contributed by atoms with Gasteiger partial charge >= 0.3 is 6.18 Å². The van der Waals surface area contributed by atoms with E-state index in [1.165, 1.54) is 0 Å². The number of halogens is 3. The van der Waals surface area contributed by atoms with Crippen LogP contribution < -0.4 is 9.80 Å². The summed E-state index contributed by atoms with van der Waals surface area (Å²) < 4.78 is 41.2. The number of aromatic nitrogens is 2. The summed E-state index contributed by atoms with van der Waals surface area (Å²) in [6, 6.07) is 11.0. The third-order valence-electron chi connectivity index (χ3n) is 7.35. The average molecular weight is 540 g/mol. The van der Waals surface area contributed by atoms with E-state index in [1.807, 2.05) is 17.0 Å². The Kier molecular flexibility index (Phi) is 9.36. The fraction of sp³-hybridized carbons (Fsp3) is 0.536. The van der Waals surface area contributed by atoms with E-state index in [0.29, 0.717) is 83.6 Å². The fourth-order valence-electron chi connectivity index (χ4n) is 5.13. The summed E-state index contributed by atoms with van der Waals surface area (Å²) in [5, 5.41) is 8.92. The van der Waals surface area contributed by atoms with E-state index >= 15 is 0 Å². The topological polar surface area (TPSA) is 80.7 Å². The molecule has 0 aliphatic carbocycles. The molecule has 0 radical (unpaired) electrons. The quantitative estimate of drug-likeness (QED) is 0.442. The van der Waals surface area contributed by atoms with Crippen molar-refractivity contribution in [1.29, 1.82) is 5.26 Å². The second kappa shape index (κ2) is 12.9. The molecule has 1 aromatic heterocycles. The summed E-state index contributed by atoms with van der Waals surface area (Å²) in [5.74, 6) is -0.847. The van der Waals surface area contributed by atoms with Gasteiger partial charge in [-0.05, 0) is 43.4 Å². The van der Waals surface area contributed by atoms with Gasteiger partial charge in [-0.1, -0.05) is 12.1 Å². The molecule has 8 nitrogen and oxygen atoms in total. The molecule has 2 saturated heterocycles. The Morgan fingerprint density at radius 2 is 1.77 bits per heavy atom. The second-order valence-corrected chi connectivity index (χ2v) is 10.0. The first kappa shape index (κ1) is 28.3. The molecule has 39 heavy (non-hydrogen) atoms. The van der Waals surface area contributed by atoms with Crippen LogP contribution in [0, 0.1) is 23.8 Å². The van der Waals surface area contributed by atoms with Gasteiger partial charge in [-0.15, -0.1) is 0 Å². The Morgan fingerprint density at radius 1 is 1.08 bits per heavy atom. The van der Waals surface area contributed by atoms with Gasteiger partial charge < -0.3 is 14.6 Å². The van der Waals surface area contributed by atoms with E-state index in [0.717, 1.165) is 12.0 Å². The molecule has 0 N–H and O–H groups in total. The van der Waals surface area contributed by atoms with Gasteiger partial charge in [-0.3, -0.25) is 9.69 Å². The zero-order chi connectivity index (χ0) is 27.8. The van der Waals surface area contributed by atoms with Gasteiger partial charge in [0, 0.05) is 57.7 Å². The molecule has 0 bridgehead atoms. The summed E-state index contributed by atoms with van der Waals surface area (Å²) in [6.07, 6.45) is -1.46. The van der Waals surface area contributed by atoms with Gasteiger partial charge in [-0.25, -0.2) is 16.5 Å². The van der Waals surface area contributed by atoms with E-state index in [9.17, 15) is 18.0 Å². The average Bonchev–Trinajstić information content (AvgIpc) is 2.96. The minimum Gasteiger partial charge on any atom is -0.356 e. The molecule has 2 aliphatic rings. The smallest absolute Gasteiger partial charge is 0.356 e. The Bertz CT molecular complexity index is 1210. The van der Waals surface area contributed by atoms with E-state index in [1.54, 1.807) is 23.1 Å². The van der Waals surface area contributed by atoms with Crippen molar-refractivity contribution in [2.24, 2.45) is 5.92 Å². The number of aryl methyl sites for hydroxylation is 1. The van der Waals surface area contributed by atoms with Crippen LogP contribution in [0.1, 0.15) is 42.6 Å². The number of nitriles is 1. The first-order chi connectivity index (χ1) is 18.8. The lowest BCUT2D eigenvalue weighted by Crippen LogP contribution is -2.47. The van der Waals surface area contributed by atoms with Crippen LogP contribution in [-0.2, 0) is 17.4 Å². The molecule has 4 rings (SSSR count). The Labute approximate surface area is 226 Å². The summed E-state index contributed by atoms with van der Waals surface area (Å²) in [6.45, 7) is 11.2. The maximum absolute atomic E-state index is 13.7. The number of anilines is 2. The summed E-state index contributed by atoms with van der Waals surface area (Å²) >= 11 is 0. The molecular weight excluding hydrogens is 507 g/mol. The maximum atomic E-state index is 13.7. The van der Waals surface area contributed by atoms with Crippen molar-refractivity contribution in [1.82, 2.24) is 14.9 Å². The molecule has 0 saturated carbocycles. The summed E-state index contributed by atoms with van der Waals surface area (Å²) in [5.41, 5.74) is 1.66. The standard InChI is InChI=1S/C28H32F3N7O/c1-33-11-13-36-14-16-37(17-15-36)25-18-26(35-27(34-25)28(29,30)31)38-12-3-5-23(20-38)24(39)6-2-4-21-7-9-22(19-32)10-8-21/h7-10,18,23H,2-6,11-17,20H2/t23-/m1/s1. The zero-order valence-electron chi connectivity index (χ0n) is 21.8. The first-order valence-electron chi connectivity index (χ1n) is 13.3. The number of hydrogen-bond donors (Lipinski definition) is 0. The molecule has 3 heterocycles. The van der Waals surface area contributed by atoms with Crippen LogP contribution in [0.2, 0.25) is 0 Å². The maximum Gasteiger partial charge on any atom is 0.451 e. The lowest BCUT2D eigenvalue weighted by atomic mass is 9.90. The van der Waals surface area contributed by atoms with Gasteiger partial charge in [0.1, 0.15) is 17.4 Å². The first-order valence-corrected chi connectivity index (χ1v) is 13.3. The Balaban J connectivity index is 1.40. The van der Waals surface area contributed by atoms with Crippen LogP contribution in [0.5, 0.6) is 0 Å². The van der Waals surface area contributed by atoms with Crippen molar-refractivity contribution in [2.75, 3.05) is 62.2 Å². The molecule has 2 fully saturated rings. The second-order valence-electron chi connectivity index (χ2n) is 10.0. The molecular formula is C28H32F3N7O. The van der Waals surface area contributed by atoms with Crippen LogP contribution in [0.15, 0.2) is 30.3 Å². The predicted molar refractivity (Wildman–Crippen MR) is 141 cm³/mol. The number of piperazine rings is 1. The normalized spacial score (nSPS) is 18.4. The SMILES string of the molecule is [C-]#[N+]CCN1CCN(c2cc(N3CCC[C@@H](C(=O)CCCc4ccc(C#N)cc4)C3)nc(C(F)(F)F)n2)CC1. The highest BCUT2D eigenvalue weighted by atomic mass is 19.4. The Hall–Kier alpha value is -3.70. The number of alkyl halides is 3. The molecule has 206 valence electrons. The number of rotatable bonds is 9. The van der Waals surface area contributed by atoms with Crippen molar-refractivity contribution >= 4 is 17.4 Å². The highest BCUT2D eigenvalue weighted by Crippen LogP contribution is 2.32. The number of Topliss-reactive ketones (excluding diaryl/α,β-unsaturated/α-hetero) is 1. The minimum absolute atomic E-state index is 0.120. The van der Waals surface area contributed by atoms with Gasteiger partial charge in [0.05, 0.1) is 18.2 Å². The molecule has 0 unspecified atom stereocenters. The summed E-state index contributed by atoms with van der Waals surface area (Å²) in [4.78, 5) is 29.9. The number of piperidine rings is 1. The van der Waals surface area contributed by atoms with Crippen LogP contribution in [0.4, 0.5) is 24.8 Å². The van der Waals surface area contributed by atoms with Gasteiger partial charge in [0.2, 0.25) is 12.4 Å². The minimum atomic E-state index is -4.68. The molecule has 0 spiro atoms. The molecule has 1 aromatic carbocycles. The number of hydrogen-bond acceptors (Lipinski definition) is 7. The van der Waals surface area contributed by atoms with Crippen molar-refractivity contribution in [2.45, 2.75) is 38.3 Å². The third-order valence-corrected chi connectivity index (χ3v) is 7.35. The number of benzene rings is 1. The number of carbonyl (C=O) groups excluding carboxylic acids is 1. The van der Waals surface area contributed by atoms with Crippen molar-refractivity contribution in [3.05, 3.63) is 58.7 Å². The van der Waals surface area contributed by atoms with Crippen LogP contribution in [0.25, 0.3) is 4.85 Å². The van der Waals surface area contributed by atoms with Gasteiger partial charge in [-0.2, -0.15) is 18.4 Å².